The van der Waals surface area contributed by atoms with E-state index >= 15 is 0 Å². The average molecular weight is 731 g/mol. The van der Waals surface area contributed by atoms with Crippen molar-refractivity contribution in [2.75, 3.05) is 26.7 Å². The number of hydrogen-bond donors (Lipinski definition) is 1. The lowest BCUT2D eigenvalue weighted by Crippen LogP contribution is -2.60. The van der Waals surface area contributed by atoms with Crippen molar-refractivity contribution in [1.82, 2.24) is 14.7 Å². The van der Waals surface area contributed by atoms with Crippen LogP contribution in [-0.4, -0.2) is 105 Å². The first-order valence-corrected chi connectivity index (χ1v) is 18.1. The number of ether oxygens (including phenoxy) is 2. The van der Waals surface area contributed by atoms with Crippen LogP contribution in [0.1, 0.15) is 71.5 Å². The van der Waals surface area contributed by atoms with Gasteiger partial charge in [-0.2, -0.15) is 0 Å². The predicted octanol–water partition coefficient (Wildman–Crippen LogP) is 4.66. The van der Waals surface area contributed by atoms with E-state index in [1.807, 2.05) is 58.0 Å². The number of benzene rings is 1. The number of carbonyl (C=O) groups is 4. The molecule has 264 valence electrons. The van der Waals surface area contributed by atoms with Gasteiger partial charge in [0.05, 0.1) is 36.6 Å². The van der Waals surface area contributed by atoms with E-state index in [0.717, 1.165) is 12.8 Å². The number of likely N-dealkylation sites (N-methyl/N-ethyl adjacent to an activating group) is 1. The highest BCUT2D eigenvalue weighted by Gasteiger charge is 2.77. The third-order valence-electron chi connectivity index (χ3n) is 10.4. The van der Waals surface area contributed by atoms with Crippen molar-refractivity contribution in [1.29, 1.82) is 0 Å². The van der Waals surface area contributed by atoms with Crippen molar-refractivity contribution < 1.29 is 33.8 Å². The number of aliphatic hydroxyl groups is 1. The van der Waals surface area contributed by atoms with Crippen molar-refractivity contribution in [3.8, 4) is 0 Å². The molecule has 3 heterocycles. The molecule has 10 nitrogen and oxygen atoms in total. The number of likely N-dealkylation sites (tertiary alicyclic amines) is 1. The fourth-order valence-electron chi connectivity index (χ4n) is 7.69. The van der Waals surface area contributed by atoms with Gasteiger partial charge in [0.15, 0.2) is 0 Å². The molecule has 11 heteroatoms. The number of nitrogens with zero attached hydrogens (tertiary/aromatic N) is 3. The van der Waals surface area contributed by atoms with E-state index < -0.39 is 53.7 Å². The summed E-state index contributed by atoms with van der Waals surface area (Å²) in [4.78, 5) is 61.2. The Bertz CT molecular complexity index is 1340. The van der Waals surface area contributed by atoms with Gasteiger partial charge < -0.3 is 29.3 Å². The Morgan fingerprint density at radius 2 is 1.88 bits per heavy atom. The van der Waals surface area contributed by atoms with Crippen LogP contribution in [0.3, 0.4) is 0 Å². The van der Waals surface area contributed by atoms with Crippen LogP contribution in [-0.2, 0) is 28.7 Å². The van der Waals surface area contributed by atoms with Gasteiger partial charge in [-0.25, -0.2) is 0 Å². The quantitative estimate of drug-likeness (QED) is 0.141. The molecule has 48 heavy (non-hydrogen) atoms. The first-order chi connectivity index (χ1) is 22.9. The van der Waals surface area contributed by atoms with E-state index in [1.165, 1.54) is 4.90 Å². The standard InChI is InChI=1S/C37H52BrN3O7/c1-8-11-18-28(43)39(7)24(6)31(25-16-14-13-15-17-25)47-36(46)29-30-34(44)41(27(22-42)23(4)5)33(37(30)21-26(38)32(29)48-37)35(45)40(19-10-3)20-12-9-2/h8,10,13-17,23-24,26-27,29-33,42H,1,3,9,11-12,18-22H2,2,4-7H3/t24-,26?,27-,29-,30+,31+,32-,33-,37+/m0/s1. The smallest absolute Gasteiger partial charge is 0.313 e. The van der Waals surface area contributed by atoms with Gasteiger partial charge in [-0.15, -0.1) is 13.2 Å². The molecule has 1 spiro atoms. The summed E-state index contributed by atoms with van der Waals surface area (Å²) in [5.41, 5.74) is -0.588. The number of hydrogen-bond acceptors (Lipinski definition) is 7. The third kappa shape index (κ3) is 7.01. The van der Waals surface area contributed by atoms with Crippen LogP contribution in [0, 0.1) is 17.8 Å². The Hall–Kier alpha value is -3.02. The minimum atomic E-state index is -1.30. The number of aliphatic hydroxyl groups excluding tert-OH is 1. The fourth-order valence-corrected chi connectivity index (χ4v) is 8.63. The Morgan fingerprint density at radius 1 is 1.19 bits per heavy atom. The Kier molecular flexibility index (Phi) is 12.7. The van der Waals surface area contributed by atoms with E-state index in [9.17, 15) is 24.3 Å². The lowest BCUT2D eigenvalue weighted by molar-refractivity contribution is -0.165. The zero-order valence-electron chi connectivity index (χ0n) is 28.9. The SMILES string of the molecule is C=CCCC(=O)N(C)[C@@H](C)[C@@H](OC(=O)[C@@H]1[C@H]2O[C@@]3(CC2Br)[C@H](C(=O)N(CC=C)CCCC)N([C@@H](CO)C(C)C)C(=O)[C@@H]13)c1ccccc1. The number of rotatable bonds is 17. The molecular formula is C37H52BrN3O7. The van der Waals surface area contributed by atoms with Gasteiger partial charge in [-0.1, -0.05) is 85.6 Å². The van der Waals surface area contributed by atoms with Crippen molar-refractivity contribution >= 4 is 39.6 Å². The molecule has 4 rings (SSSR count). The van der Waals surface area contributed by atoms with Gasteiger partial charge in [0, 0.05) is 31.4 Å². The Balaban J connectivity index is 1.75. The molecule has 0 saturated carbocycles. The molecule has 3 aliphatic rings. The van der Waals surface area contributed by atoms with Crippen LogP contribution in [0.25, 0.3) is 0 Å². The highest BCUT2D eigenvalue weighted by Crippen LogP contribution is 2.61. The summed E-state index contributed by atoms with van der Waals surface area (Å²) in [6.45, 7) is 15.7. The van der Waals surface area contributed by atoms with E-state index in [0.29, 0.717) is 31.5 Å². The summed E-state index contributed by atoms with van der Waals surface area (Å²) < 4.78 is 13.0. The molecule has 1 unspecified atom stereocenters. The molecule has 3 saturated heterocycles. The number of fused-ring (bicyclic) bond motifs is 1. The molecule has 1 aromatic carbocycles. The zero-order chi connectivity index (χ0) is 35.3. The largest absolute Gasteiger partial charge is 0.455 e. The monoisotopic (exact) mass is 729 g/mol. The van der Waals surface area contributed by atoms with E-state index in [-0.39, 0.29) is 41.5 Å². The molecular weight excluding hydrogens is 678 g/mol. The van der Waals surface area contributed by atoms with E-state index in [2.05, 4.69) is 29.1 Å². The lowest BCUT2D eigenvalue weighted by atomic mass is 9.70. The first-order valence-electron chi connectivity index (χ1n) is 17.2. The molecule has 1 N–H and O–H groups in total. The number of esters is 1. The second kappa shape index (κ2) is 16.1. The minimum absolute atomic E-state index is 0.110. The van der Waals surface area contributed by atoms with Gasteiger partial charge in [0.25, 0.3) is 0 Å². The zero-order valence-corrected chi connectivity index (χ0v) is 30.5. The molecule has 9 atom stereocenters. The molecule has 0 aromatic heterocycles. The normalized spacial score (nSPS) is 27.7. The number of halogens is 1. The van der Waals surface area contributed by atoms with Gasteiger partial charge in [-0.3, -0.25) is 19.2 Å². The summed E-state index contributed by atoms with van der Waals surface area (Å²) in [5, 5.41) is 10.6. The van der Waals surface area contributed by atoms with E-state index in [1.54, 1.807) is 29.0 Å². The molecule has 3 aliphatic heterocycles. The van der Waals surface area contributed by atoms with Crippen LogP contribution >= 0.6 is 15.9 Å². The topological polar surface area (TPSA) is 117 Å². The average Bonchev–Trinajstić information content (AvgIpc) is 3.67. The van der Waals surface area contributed by atoms with Crippen LogP contribution < -0.4 is 0 Å². The second-order valence-electron chi connectivity index (χ2n) is 13.7. The molecule has 3 fully saturated rings. The van der Waals surface area contributed by atoms with Crippen molar-refractivity contribution in [3.05, 3.63) is 61.2 Å². The van der Waals surface area contributed by atoms with Crippen LogP contribution in [0.2, 0.25) is 0 Å². The maximum absolute atomic E-state index is 14.7. The number of carbonyl (C=O) groups excluding carboxylic acids is 4. The van der Waals surface area contributed by atoms with Crippen molar-refractivity contribution in [2.45, 2.75) is 101 Å². The maximum atomic E-state index is 14.7. The van der Waals surface area contributed by atoms with E-state index in [4.69, 9.17) is 9.47 Å². The summed E-state index contributed by atoms with van der Waals surface area (Å²) in [7, 11) is 1.69. The predicted molar refractivity (Wildman–Crippen MR) is 187 cm³/mol. The number of amides is 3. The fraction of sp³-hybridized carbons (Fsp3) is 0.622. The number of allylic oxidation sites excluding steroid dienone is 1. The minimum Gasteiger partial charge on any atom is -0.455 e. The third-order valence-corrected chi connectivity index (χ3v) is 11.2. The van der Waals surface area contributed by atoms with Crippen LogP contribution in [0.4, 0.5) is 0 Å². The summed E-state index contributed by atoms with van der Waals surface area (Å²) in [6.07, 6.45) is 4.60. The Morgan fingerprint density at radius 3 is 2.46 bits per heavy atom. The summed E-state index contributed by atoms with van der Waals surface area (Å²) in [5.74, 6) is -3.56. The molecule has 0 aliphatic carbocycles. The second-order valence-corrected chi connectivity index (χ2v) is 14.8. The maximum Gasteiger partial charge on any atom is 0.313 e. The number of unbranched alkanes of at least 4 members (excludes halogenated alkanes) is 1. The highest BCUT2D eigenvalue weighted by molar-refractivity contribution is 9.09. The van der Waals surface area contributed by atoms with Gasteiger partial charge in [-0.05, 0) is 37.7 Å². The molecule has 1 aromatic rings. The molecule has 2 bridgehead atoms. The van der Waals surface area contributed by atoms with Gasteiger partial charge in [0.1, 0.15) is 17.7 Å². The van der Waals surface area contributed by atoms with Crippen LogP contribution in [0.5, 0.6) is 0 Å². The first kappa shape index (κ1) is 37.8. The highest BCUT2D eigenvalue weighted by atomic mass is 79.9. The van der Waals surface area contributed by atoms with Crippen molar-refractivity contribution in [3.63, 3.8) is 0 Å². The number of alkyl halides is 1. The molecule has 0 radical (unpaired) electrons. The van der Waals surface area contributed by atoms with Gasteiger partial charge in [0.2, 0.25) is 17.7 Å². The van der Waals surface area contributed by atoms with Gasteiger partial charge >= 0.3 is 5.97 Å². The lowest BCUT2D eigenvalue weighted by Gasteiger charge is -2.40. The summed E-state index contributed by atoms with van der Waals surface area (Å²) >= 11 is 3.74. The van der Waals surface area contributed by atoms with Crippen LogP contribution in [0.15, 0.2) is 55.6 Å². The molecule has 3 amide bonds. The Labute approximate surface area is 293 Å². The summed E-state index contributed by atoms with van der Waals surface area (Å²) in [6, 6.07) is 7.01. The van der Waals surface area contributed by atoms with Crippen molar-refractivity contribution in [2.24, 2.45) is 17.8 Å².